The zero-order valence-electron chi connectivity index (χ0n) is 10.2. The van der Waals surface area contributed by atoms with Gasteiger partial charge in [-0.3, -0.25) is 4.79 Å². The largest absolute Gasteiger partial charge is 0.466 e. The summed E-state index contributed by atoms with van der Waals surface area (Å²) in [6, 6.07) is 10.3. The number of hydrogen-bond acceptors (Lipinski definition) is 3. The molecule has 0 radical (unpaired) electrons. The van der Waals surface area contributed by atoms with Crippen molar-refractivity contribution in [1.82, 2.24) is 0 Å². The number of benzene rings is 1. The van der Waals surface area contributed by atoms with Gasteiger partial charge in [-0.25, -0.2) is 0 Å². The molecule has 0 aliphatic heterocycles. The molecule has 1 N–H and O–H groups in total. The van der Waals surface area contributed by atoms with Crippen LogP contribution in [0, 0.1) is 5.92 Å². The van der Waals surface area contributed by atoms with Crippen LogP contribution in [-0.4, -0.2) is 18.6 Å². The van der Waals surface area contributed by atoms with E-state index in [-0.39, 0.29) is 17.9 Å². The fourth-order valence-electron chi connectivity index (χ4n) is 2.41. The van der Waals surface area contributed by atoms with Crippen LogP contribution in [-0.2, 0) is 9.53 Å². The number of esters is 1. The van der Waals surface area contributed by atoms with E-state index in [4.69, 9.17) is 4.74 Å². The van der Waals surface area contributed by atoms with Crippen LogP contribution < -0.4 is 5.32 Å². The van der Waals surface area contributed by atoms with Gasteiger partial charge in [-0.2, -0.15) is 0 Å². The lowest BCUT2D eigenvalue weighted by molar-refractivity contribution is -0.147. The molecule has 1 aromatic rings. The highest BCUT2D eigenvalue weighted by molar-refractivity contribution is 5.74. The molecule has 3 nitrogen and oxygen atoms in total. The van der Waals surface area contributed by atoms with Gasteiger partial charge in [-0.1, -0.05) is 24.6 Å². The van der Waals surface area contributed by atoms with E-state index in [1.165, 1.54) is 0 Å². The predicted octanol–water partition coefficient (Wildman–Crippen LogP) is 2.83. The van der Waals surface area contributed by atoms with E-state index in [1.807, 2.05) is 37.3 Å². The normalized spacial score (nSPS) is 23.4. The van der Waals surface area contributed by atoms with Gasteiger partial charge < -0.3 is 10.1 Å². The minimum absolute atomic E-state index is 0.00940. The van der Waals surface area contributed by atoms with Gasteiger partial charge in [-0.05, 0) is 31.9 Å². The van der Waals surface area contributed by atoms with Crippen molar-refractivity contribution >= 4 is 11.7 Å². The highest BCUT2D eigenvalue weighted by Gasteiger charge is 2.33. The maximum absolute atomic E-state index is 11.8. The fraction of sp³-hybridized carbons (Fsp3) is 0.500. The van der Waals surface area contributed by atoms with Gasteiger partial charge in [-0.15, -0.1) is 0 Å². The van der Waals surface area contributed by atoms with E-state index in [9.17, 15) is 4.79 Å². The Hall–Kier alpha value is -1.51. The smallest absolute Gasteiger partial charge is 0.311 e. The first-order valence-corrected chi connectivity index (χ1v) is 6.29. The third kappa shape index (κ3) is 2.99. The molecule has 2 atom stereocenters. The van der Waals surface area contributed by atoms with Crippen molar-refractivity contribution in [2.75, 3.05) is 11.9 Å². The number of para-hydroxylation sites is 1. The van der Waals surface area contributed by atoms with Gasteiger partial charge in [0.05, 0.1) is 12.5 Å². The highest BCUT2D eigenvalue weighted by atomic mass is 16.5. The number of hydrogen-bond donors (Lipinski definition) is 1. The van der Waals surface area contributed by atoms with Crippen molar-refractivity contribution in [2.45, 2.75) is 32.2 Å². The third-order valence-electron chi connectivity index (χ3n) is 3.23. The fourth-order valence-corrected chi connectivity index (χ4v) is 2.41. The molecule has 0 bridgehead atoms. The van der Waals surface area contributed by atoms with E-state index in [0.717, 1.165) is 24.9 Å². The first kappa shape index (κ1) is 12.0. The SMILES string of the molecule is CCOC(=O)[C@@H]1CCC[C@H]1Nc1ccccc1. The monoisotopic (exact) mass is 233 g/mol. The van der Waals surface area contributed by atoms with Crippen molar-refractivity contribution in [3.05, 3.63) is 30.3 Å². The summed E-state index contributed by atoms with van der Waals surface area (Å²) >= 11 is 0. The molecule has 92 valence electrons. The first-order valence-electron chi connectivity index (χ1n) is 6.29. The highest BCUT2D eigenvalue weighted by Crippen LogP contribution is 2.29. The molecular formula is C14H19NO2. The summed E-state index contributed by atoms with van der Waals surface area (Å²) in [5.74, 6) is -0.0476. The van der Waals surface area contributed by atoms with Crippen LogP contribution in [0.25, 0.3) is 0 Å². The summed E-state index contributed by atoms with van der Waals surface area (Å²) in [5, 5.41) is 3.43. The van der Waals surface area contributed by atoms with Crippen molar-refractivity contribution in [2.24, 2.45) is 5.92 Å². The molecule has 1 aliphatic carbocycles. The van der Waals surface area contributed by atoms with E-state index in [2.05, 4.69) is 5.32 Å². The van der Waals surface area contributed by atoms with Crippen LogP contribution >= 0.6 is 0 Å². The Balaban J connectivity index is 1.98. The molecule has 1 aliphatic rings. The topological polar surface area (TPSA) is 38.3 Å². The van der Waals surface area contributed by atoms with Gasteiger partial charge in [0.15, 0.2) is 0 Å². The molecule has 17 heavy (non-hydrogen) atoms. The summed E-state index contributed by atoms with van der Waals surface area (Å²) in [7, 11) is 0. The molecule has 0 unspecified atom stereocenters. The average molecular weight is 233 g/mol. The Labute approximate surface area is 102 Å². The molecule has 0 amide bonds. The second-order valence-electron chi connectivity index (χ2n) is 4.41. The molecular weight excluding hydrogens is 214 g/mol. The maximum atomic E-state index is 11.8. The van der Waals surface area contributed by atoms with Crippen LogP contribution in [0.5, 0.6) is 0 Å². The molecule has 0 spiro atoms. The molecule has 2 rings (SSSR count). The Morgan fingerprint density at radius 1 is 1.35 bits per heavy atom. The van der Waals surface area contributed by atoms with Crippen molar-refractivity contribution in [1.29, 1.82) is 0 Å². The number of nitrogens with one attached hydrogen (secondary N) is 1. The van der Waals surface area contributed by atoms with Crippen molar-refractivity contribution in [3.63, 3.8) is 0 Å². The third-order valence-corrected chi connectivity index (χ3v) is 3.23. The molecule has 1 saturated carbocycles. The summed E-state index contributed by atoms with van der Waals surface area (Å²) in [5.41, 5.74) is 1.08. The molecule has 0 saturated heterocycles. The second-order valence-corrected chi connectivity index (χ2v) is 4.41. The quantitative estimate of drug-likeness (QED) is 0.813. The van der Waals surface area contributed by atoms with Crippen LogP contribution in [0.3, 0.4) is 0 Å². The summed E-state index contributed by atoms with van der Waals surface area (Å²) in [6.07, 6.45) is 3.07. The Morgan fingerprint density at radius 2 is 2.12 bits per heavy atom. The lowest BCUT2D eigenvalue weighted by Crippen LogP contribution is -2.31. The average Bonchev–Trinajstić information content (AvgIpc) is 2.79. The van der Waals surface area contributed by atoms with Crippen LogP contribution in [0.1, 0.15) is 26.2 Å². The molecule has 1 aromatic carbocycles. The van der Waals surface area contributed by atoms with E-state index >= 15 is 0 Å². The predicted molar refractivity (Wildman–Crippen MR) is 67.8 cm³/mol. The number of anilines is 1. The van der Waals surface area contributed by atoms with Gasteiger partial charge in [0.2, 0.25) is 0 Å². The first-order chi connectivity index (χ1) is 8.31. The van der Waals surface area contributed by atoms with Gasteiger partial charge in [0.1, 0.15) is 0 Å². The van der Waals surface area contributed by atoms with Crippen LogP contribution in [0.4, 0.5) is 5.69 Å². The van der Waals surface area contributed by atoms with Crippen LogP contribution in [0.15, 0.2) is 30.3 Å². The van der Waals surface area contributed by atoms with Crippen LogP contribution in [0.2, 0.25) is 0 Å². The minimum atomic E-state index is -0.0570. The number of rotatable bonds is 4. The lowest BCUT2D eigenvalue weighted by Gasteiger charge is -2.20. The van der Waals surface area contributed by atoms with E-state index < -0.39 is 0 Å². The molecule has 1 fully saturated rings. The summed E-state index contributed by atoms with van der Waals surface area (Å²) in [4.78, 5) is 11.8. The lowest BCUT2D eigenvalue weighted by atomic mass is 10.0. The molecule has 0 aromatic heterocycles. The maximum Gasteiger partial charge on any atom is 0.311 e. The Bertz CT molecular complexity index is 364. The minimum Gasteiger partial charge on any atom is -0.466 e. The second kappa shape index (κ2) is 5.71. The van der Waals surface area contributed by atoms with Gasteiger partial charge in [0.25, 0.3) is 0 Å². The van der Waals surface area contributed by atoms with E-state index in [1.54, 1.807) is 0 Å². The zero-order chi connectivity index (χ0) is 12.1. The summed E-state index contributed by atoms with van der Waals surface area (Å²) in [6.45, 7) is 2.32. The number of ether oxygens (including phenoxy) is 1. The Kier molecular flexibility index (Phi) is 4.02. The van der Waals surface area contributed by atoms with Crippen molar-refractivity contribution < 1.29 is 9.53 Å². The Morgan fingerprint density at radius 3 is 2.82 bits per heavy atom. The van der Waals surface area contributed by atoms with Gasteiger partial charge in [0, 0.05) is 11.7 Å². The molecule has 3 heteroatoms. The standard InChI is InChI=1S/C14H19NO2/c1-2-17-14(16)12-9-6-10-13(12)15-11-7-4-3-5-8-11/h3-5,7-8,12-13,15H,2,6,9-10H2,1H3/t12-,13-/m1/s1. The van der Waals surface area contributed by atoms with Crippen molar-refractivity contribution in [3.8, 4) is 0 Å². The summed E-state index contributed by atoms with van der Waals surface area (Å²) < 4.78 is 5.11. The number of carbonyl (C=O) groups is 1. The zero-order valence-corrected chi connectivity index (χ0v) is 10.2. The molecule has 0 heterocycles. The van der Waals surface area contributed by atoms with E-state index in [0.29, 0.717) is 6.61 Å². The number of carbonyl (C=O) groups excluding carboxylic acids is 1. The van der Waals surface area contributed by atoms with Gasteiger partial charge >= 0.3 is 5.97 Å².